The van der Waals surface area contributed by atoms with Crippen LogP contribution in [-0.2, 0) is 0 Å². The van der Waals surface area contributed by atoms with E-state index in [0.29, 0.717) is 10.8 Å². The number of rotatable bonds is 5. The first-order valence-corrected chi connectivity index (χ1v) is 5.70. The minimum atomic E-state index is -0.358. The fraction of sp³-hybridized carbons (Fsp3) is 0.333. The Labute approximate surface area is 91.6 Å². The molecular formula is C9H10ClNO2S. The molecule has 0 N–H and O–H groups in total. The highest BCUT2D eigenvalue weighted by molar-refractivity contribution is 7.99. The fourth-order valence-electron chi connectivity index (χ4n) is 0.967. The predicted octanol–water partition coefficient (Wildman–Crippen LogP) is 3.32. The first-order valence-electron chi connectivity index (χ1n) is 4.18. The molecule has 0 atom stereocenters. The molecule has 5 heteroatoms. The van der Waals surface area contributed by atoms with Crippen molar-refractivity contribution >= 4 is 29.1 Å². The maximum absolute atomic E-state index is 10.6. The van der Waals surface area contributed by atoms with E-state index < -0.39 is 0 Å². The molecule has 1 aromatic rings. The molecule has 3 nitrogen and oxygen atoms in total. The number of para-hydroxylation sites is 1. The summed E-state index contributed by atoms with van der Waals surface area (Å²) in [6, 6.07) is 6.75. The minimum Gasteiger partial charge on any atom is -0.258 e. The third-order valence-corrected chi connectivity index (χ3v) is 3.01. The molecular weight excluding hydrogens is 222 g/mol. The average Bonchev–Trinajstić information content (AvgIpc) is 2.19. The van der Waals surface area contributed by atoms with Crippen molar-refractivity contribution in [2.24, 2.45) is 0 Å². The van der Waals surface area contributed by atoms with Crippen LogP contribution in [0.15, 0.2) is 29.2 Å². The Bertz CT molecular complexity index is 319. The van der Waals surface area contributed by atoms with E-state index in [1.165, 1.54) is 17.8 Å². The molecule has 0 saturated carbocycles. The maximum atomic E-state index is 10.6. The van der Waals surface area contributed by atoms with E-state index in [1.54, 1.807) is 18.2 Å². The number of halogens is 1. The average molecular weight is 232 g/mol. The topological polar surface area (TPSA) is 43.1 Å². The third-order valence-electron chi connectivity index (χ3n) is 1.60. The molecule has 0 unspecified atom stereocenters. The molecule has 0 aliphatic carbocycles. The highest BCUT2D eigenvalue weighted by atomic mass is 35.5. The van der Waals surface area contributed by atoms with Gasteiger partial charge in [-0.3, -0.25) is 10.1 Å². The van der Waals surface area contributed by atoms with Crippen LogP contribution in [-0.4, -0.2) is 16.6 Å². The van der Waals surface area contributed by atoms with E-state index in [1.807, 2.05) is 0 Å². The molecule has 0 heterocycles. The van der Waals surface area contributed by atoms with Crippen LogP contribution in [0.2, 0.25) is 0 Å². The third kappa shape index (κ3) is 3.20. The second-order valence-corrected chi connectivity index (χ2v) is 4.13. The zero-order chi connectivity index (χ0) is 10.4. The summed E-state index contributed by atoms with van der Waals surface area (Å²) in [5.41, 5.74) is 0.173. The van der Waals surface area contributed by atoms with Crippen molar-refractivity contribution in [3.8, 4) is 0 Å². The van der Waals surface area contributed by atoms with E-state index in [-0.39, 0.29) is 10.6 Å². The Morgan fingerprint density at radius 3 is 2.79 bits per heavy atom. The summed E-state index contributed by atoms with van der Waals surface area (Å²) in [5.74, 6) is 1.40. The molecule has 0 spiro atoms. The largest absolute Gasteiger partial charge is 0.282 e. The Morgan fingerprint density at radius 1 is 1.43 bits per heavy atom. The molecule has 14 heavy (non-hydrogen) atoms. The molecule has 0 aliphatic rings. The van der Waals surface area contributed by atoms with Gasteiger partial charge in [-0.25, -0.2) is 0 Å². The summed E-state index contributed by atoms with van der Waals surface area (Å²) in [6.45, 7) is 0. The van der Waals surface area contributed by atoms with Gasteiger partial charge in [0.05, 0.1) is 9.82 Å². The van der Waals surface area contributed by atoms with E-state index in [4.69, 9.17) is 11.6 Å². The van der Waals surface area contributed by atoms with E-state index in [2.05, 4.69) is 0 Å². The molecule has 0 aliphatic heterocycles. The fourth-order valence-corrected chi connectivity index (χ4v) is 2.23. The molecule has 1 aromatic carbocycles. The number of hydrogen-bond acceptors (Lipinski definition) is 3. The van der Waals surface area contributed by atoms with Crippen molar-refractivity contribution in [3.63, 3.8) is 0 Å². The molecule has 0 aromatic heterocycles. The number of hydrogen-bond donors (Lipinski definition) is 0. The molecule has 1 rings (SSSR count). The van der Waals surface area contributed by atoms with Gasteiger partial charge in [0.1, 0.15) is 0 Å². The van der Waals surface area contributed by atoms with E-state index in [9.17, 15) is 10.1 Å². The van der Waals surface area contributed by atoms with Gasteiger partial charge in [-0.15, -0.1) is 23.4 Å². The van der Waals surface area contributed by atoms with Crippen LogP contribution in [0.5, 0.6) is 0 Å². The van der Waals surface area contributed by atoms with Crippen molar-refractivity contribution in [1.29, 1.82) is 0 Å². The quantitative estimate of drug-likeness (QED) is 0.257. The van der Waals surface area contributed by atoms with Gasteiger partial charge in [-0.2, -0.15) is 0 Å². The first kappa shape index (κ1) is 11.3. The van der Waals surface area contributed by atoms with E-state index >= 15 is 0 Å². The summed E-state index contributed by atoms with van der Waals surface area (Å²) in [4.78, 5) is 11.0. The van der Waals surface area contributed by atoms with Crippen molar-refractivity contribution in [2.75, 3.05) is 11.6 Å². The van der Waals surface area contributed by atoms with Gasteiger partial charge in [0.15, 0.2) is 0 Å². The number of benzene rings is 1. The van der Waals surface area contributed by atoms with Crippen LogP contribution in [0.1, 0.15) is 6.42 Å². The van der Waals surface area contributed by atoms with Crippen LogP contribution >= 0.6 is 23.4 Å². The van der Waals surface area contributed by atoms with Crippen molar-refractivity contribution in [2.45, 2.75) is 11.3 Å². The molecule has 0 radical (unpaired) electrons. The van der Waals surface area contributed by atoms with Crippen LogP contribution in [0.4, 0.5) is 5.69 Å². The van der Waals surface area contributed by atoms with Crippen LogP contribution in [0.3, 0.4) is 0 Å². The van der Waals surface area contributed by atoms with Gasteiger partial charge in [-0.05, 0) is 18.2 Å². The van der Waals surface area contributed by atoms with Gasteiger partial charge in [0.2, 0.25) is 0 Å². The lowest BCUT2D eigenvalue weighted by Gasteiger charge is -2.00. The minimum absolute atomic E-state index is 0.173. The summed E-state index contributed by atoms with van der Waals surface area (Å²) in [6.07, 6.45) is 0.859. The summed E-state index contributed by atoms with van der Waals surface area (Å²) in [5, 5.41) is 10.6. The lowest BCUT2D eigenvalue weighted by molar-refractivity contribution is -0.387. The number of nitro benzene ring substituents is 1. The first-order chi connectivity index (χ1) is 6.75. The Hall–Kier alpha value is -0.740. The van der Waals surface area contributed by atoms with Gasteiger partial charge in [0, 0.05) is 11.9 Å². The van der Waals surface area contributed by atoms with E-state index in [0.717, 1.165) is 12.2 Å². The lowest BCUT2D eigenvalue weighted by Crippen LogP contribution is -1.91. The summed E-state index contributed by atoms with van der Waals surface area (Å²) in [7, 11) is 0. The zero-order valence-electron chi connectivity index (χ0n) is 7.48. The molecule has 0 bridgehead atoms. The second-order valence-electron chi connectivity index (χ2n) is 2.62. The summed E-state index contributed by atoms with van der Waals surface area (Å²) < 4.78 is 0. The Morgan fingerprint density at radius 2 is 2.14 bits per heavy atom. The zero-order valence-corrected chi connectivity index (χ0v) is 9.05. The van der Waals surface area contributed by atoms with Gasteiger partial charge < -0.3 is 0 Å². The number of thioether (sulfide) groups is 1. The Kier molecular flexibility index (Phi) is 4.76. The van der Waals surface area contributed by atoms with Gasteiger partial charge in [0.25, 0.3) is 5.69 Å². The standard InChI is InChI=1S/C9H10ClNO2S/c10-6-3-7-14-9-5-2-1-4-8(9)11(12)13/h1-2,4-5H,3,6-7H2. The number of nitro groups is 1. The second kappa shape index (κ2) is 5.88. The Balaban J connectivity index is 2.69. The monoisotopic (exact) mass is 231 g/mol. The summed E-state index contributed by atoms with van der Waals surface area (Å²) >= 11 is 7.00. The lowest BCUT2D eigenvalue weighted by atomic mass is 10.3. The highest BCUT2D eigenvalue weighted by Gasteiger charge is 2.11. The predicted molar refractivity (Wildman–Crippen MR) is 59.2 cm³/mol. The van der Waals surface area contributed by atoms with Crippen LogP contribution in [0.25, 0.3) is 0 Å². The maximum Gasteiger partial charge on any atom is 0.282 e. The number of nitrogens with zero attached hydrogens (tertiary/aromatic N) is 1. The molecule has 0 amide bonds. The molecule has 0 fully saturated rings. The SMILES string of the molecule is O=[N+]([O-])c1ccccc1SCCCCl. The van der Waals surface area contributed by atoms with Gasteiger partial charge >= 0.3 is 0 Å². The highest BCUT2D eigenvalue weighted by Crippen LogP contribution is 2.28. The van der Waals surface area contributed by atoms with Crippen LogP contribution in [0, 0.1) is 10.1 Å². The molecule has 76 valence electrons. The smallest absolute Gasteiger partial charge is 0.258 e. The number of alkyl halides is 1. The van der Waals surface area contributed by atoms with Gasteiger partial charge in [-0.1, -0.05) is 12.1 Å². The molecule has 0 saturated heterocycles. The van der Waals surface area contributed by atoms with Crippen molar-refractivity contribution < 1.29 is 4.92 Å². The van der Waals surface area contributed by atoms with Crippen molar-refractivity contribution in [3.05, 3.63) is 34.4 Å². The van der Waals surface area contributed by atoms with Crippen LogP contribution < -0.4 is 0 Å². The van der Waals surface area contributed by atoms with Crippen molar-refractivity contribution in [1.82, 2.24) is 0 Å². The normalized spacial score (nSPS) is 10.1.